The fourth-order valence-electron chi connectivity index (χ4n) is 8.42. The van der Waals surface area contributed by atoms with Gasteiger partial charge in [-0.15, -0.1) is 0 Å². The van der Waals surface area contributed by atoms with Crippen molar-refractivity contribution in [2.24, 2.45) is 0 Å². The molecule has 0 saturated carbocycles. The Labute approximate surface area is 404 Å². The molecule has 348 valence electrons. The van der Waals surface area contributed by atoms with E-state index in [0.29, 0.717) is 60.9 Å². The van der Waals surface area contributed by atoms with Gasteiger partial charge in [0.1, 0.15) is 17.3 Å². The molecular formula is C58H48F4N8. The molecule has 12 heteroatoms. The summed E-state index contributed by atoms with van der Waals surface area (Å²) in [6, 6.07) is 52.3. The van der Waals surface area contributed by atoms with E-state index in [4.69, 9.17) is 0 Å². The van der Waals surface area contributed by atoms with Gasteiger partial charge in [0, 0.05) is 74.8 Å². The predicted octanol–water partition coefficient (Wildman–Crippen LogP) is 13.7. The number of aryl methyl sites for hydroxylation is 1. The zero-order chi connectivity index (χ0) is 48.2. The van der Waals surface area contributed by atoms with Crippen molar-refractivity contribution in [3.05, 3.63) is 253 Å². The molecular weight excluding hydrogens is 885 g/mol. The van der Waals surface area contributed by atoms with Crippen molar-refractivity contribution in [1.82, 2.24) is 29.9 Å². The van der Waals surface area contributed by atoms with E-state index >= 15 is 17.6 Å². The lowest BCUT2D eigenvalue weighted by Crippen LogP contribution is -2.23. The Morgan fingerprint density at radius 3 is 1.30 bits per heavy atom. The van der Waals surface area contributed by atoms with Crippen molar-refractivity contribution in [2.45, 2.75) is 39.6 Å². The molecule has 0 bridgehead atoms. The number of pyridine rings is 2. The molecule has 0 spiro atoms. The van der Waals surface area contributed by atoms with Gasteiger partial charge in [0.25, 0.3) is 0 Å². The topological polar surface area (TPSA) is 78.8 Å². The van der Waals surface area contributed by atoms with Gasteiger partial charge >= 0.3 is 0 Å². The largest absolute Gasteiger partial charge is 0.360 e. The molecule has 0 aliphatic rings. The average molecular weight is 933 g/mol. The molecule has 0 saturated heterocycles. The van der Waals surface area contributed by atoms with Gasteiger partial charge in [0.05, 0.1) is 34.4 Å². The van der Waals surface area contributed by atoms with Gasteiger partial charge in [0.15, 0.2) is 11.6 Å². The minimum atomic E-state index is -0.653. The number of nitrogens with one attached hydrogen (secondary N) is 1. The summed E-state index contributed by atoms with van der Waals surface area (Å²) in [5.41, 5.74) is 7.92. The lowest BCUT2D eigenvalue weighted by Gasteiger charge is -2.26. The second-order valence-electron chi connectivity index (χ2n) is 16.5. The third-order valence-electron chi connectivity index (χ3n) is 11.9. The quantitative estimate of drug-likeness (QED) is 0.103. The predicted molar refractivity (Wildman–Crippen MR) is 269 cm³/mol. The minimum absolute atomic E-state index is 0.127. The highest BCUT2D eigenvalue weighted by Gasteiger charge is 2.26. The van der Waals surface area contributed by atoms with Crippen molar-refractivity contribution in [3.8, 4) is 44.8 Å². The molecule has 0 fully saturated rings. The monoisotopic (exact) mass is 932 g/mol. The van der Waals surface area contributed by atoms with Crippen LogP contribution in [0.5, 0.6) is 0 Å². The average Bonchev–Trinajstić information content (AvgIpc) is 4.07. The number of rotatable bonds is 15. The van der Waals surface area contributed by atoms with Crippen molar-refractivity contribution in [2.75, 3.05) is 9.80 Å². The summed E-state index contributed by atoms with van der Waals surface area (Å²) < 4.78 is 64.6. The van der Waals surface area contributed by atoms with Crippen LogP contribution >= 0.6 is 0 Å². The Balaban J connectivity index is 0.000000174. The Morgan fingerprint density at radius 2 is 0.871 bits per heavy atom. The summed E-state index contributed by atoms with van der Waals surface area (Å²) in [5.74, 6) is -2.56. The molecule has 6 aromatic carbocycles. The zero-order valence-electron chi connectivity index (χ0n) is 38.3. The first kappa shape index (κ1) is 46.5. The Kier molecular flexibility index (Phi) is 14.6. The maximum atomic E-state index is 16.3. The molecule has 10 aromatic rings. The SMILES string of the molecule is CCn1cc(-c2ccncc2)c(-c2c(F)ccc(N(Cc3ccccc3)Cc3ccccc3)c2F)n1.Fc1ccc(N(Cc2ccccc2)Cc2ccccc2)c(F)c1-c1[nH]ncc1-c1ccncc1. The lowest BCUT2D eigenvalue weighted by molar-refractivity contribution is 0.580. The lowest BCUT2D eigenvalue weighted by atomic mass is 10.0. The van der Waals surface area contributed by atoms with E-state index in [1.165, 1.54) is 24.3 Å². The van der Waals surface area contributed by atoms with Gasteiger partial charge in [-0.2, -0.15) is 10.2 Å². The highest BCUT2D eigenvalue weighted by Crippen LogP contribution is 2.40. The molecule has 0 aliphatic carbocycles. The maximum Gasteiger partial charge on any atom is 0.158 e. The van der Waals surface area contributed by atoms with Crippen molar-refractivity contribution in [1.29, 1.82) is 0 Å². The number of nitrogens with zero attached hydrogens (tertiary/aromatic N) is 7. The Bertz CT molecular complexity index is 3160. The van der Waals surface area contributed by atoms with Gasteiger partial charge in [-0.1, -0.05) is 121 Å². The van der Waals surface area contributed by atoms with Gasteiger partial charge in [0.2, 0.25) is 0 Å². The van der Waals surface area contributed by atoms with Crippen LogP contribution in [-0.2, 0) is 32.7 Å². The fraction of sp³-hybridized carbons (Fsp3) is 0.103. The molecule has 10 rings (SSSR count). The molecule has 1 N–H and O–H groups in total. The molecule has 0 unspecified atom stereocenters. The maximum absolute atomic E-state index is 16.3. The summed E-state index contributed by atoms with van der Waals surface area (Å²) in [7, 11) is 0. The summed E-state index contributed by atoms with van der Waals surface area (Å²) >= 11 is 0. The smallest absolute Gasteiger partial charge is 0.158 e. The van der Waals surface area contributed by atoms with E-state index in [9.17, 15) is 0 Å². The number of aromatic amines is 1. The van der Waals surface area contributed by atoms with Gasteiger partial charge < -0.3 is 9.80 Å². The molecule has 0 amide bonds. The van der Waals surface area contributed by atoms with Crippen LogP contribution in [0.4, 0.5) is 28.9 Å². The Morgan fingerprint density at radius 1 is 0.471 bits per heavy atom. The highest BCUT2D eigenvalue weighted by molar-refractivity contribution is 5.83. The van der Waals surface area contributed by atoms with E-state index in [2.05, 4.69) is 25.3 Å². The normalized spacial score (nSPS) is 10.9. The van der Waals surface area contributed by atoms with Gasteiger partial charge in [-0.05, 0) is 88.8 Å². The van der Waals surface area contributed by atoms with E-state index in [1.54, 1.807) is 47.8 Å². The summed E-state index contributed by atoms with van der Waals surface area (Å²) in [4.78, 5) is 12.0. The fourth-order valence-corrected chi connectivity index (χ4v) is 8.42. The van der Waals surface area contributed by atoms with Crippen molar-refractivity contribution < 1.29 is 17.6 Å². The van der Waals surface area contributed by atoms with Crippen LogP contribution < -0.4 is 9.80 Å². The third-order valence-corrected chi connectivity index (χ3v) is 11.9. The van der Waals surface area contributed by atoms with Crippen molar-refractivity contribution in [3.63, 3.8) is 0 Å². The molecule has 0 atom stereocenters. The molecule has 4 aromatic heterocycles. The number of benzene rings is 6. The molecule has 70 heavy (non-hydrogen) atoms. The van der Waals surface area contributed by atoms with Crippen LogP contribution in [-0.4, -0.2) is 29.9 Å². The van der Waals surface area contributed by atoms with Crippen LogP contribution in [0.25, 0.3) is 44.8 Å². The number of hydrogen-bond donors (Lipinski definition) is 1. The highest BCUT2D eigenvalue weighted by atomic mass is 19.1. The standard InChI is InChI=1S/C30H26F2N4.C28H22F2N4/c1-2-36-21-25(24-15-17-33-18-16-24)30(34-36)28-26(31)13-14-27(29(28)32)35(19-22-9-5-3-6-10-22)20-23-11-7-4-8-12-23;29-24-11-12-25(27(30)26(24)28-23(17-32-33-28)22-13-15-31-16-14-22)34(18-20-7-3-1-4-8-20)19-21-9-5-2-6-10-21/h3-18,21H,2,19-20H2,1H3;1-17H,18-19H2,(H,32,33). The summed E-state index contributed by atoms with van der Waals surface area (Å²) in [6.07, 6.45) is 9.98. The number of H-pyrrole nitrogens is 1. The van der Waals surface area contributed by atoms with Crippen LogP contribution in [0.3, 0.4) is 0 Å². The van der Waals surface area contributed by atoms with E-state index < -0.39 is 23.3 Å². The number of hydrogen-bond acceptors (Lipinski definition) is 6. The van der Waals surface area contributed by atoms with E-state index in [-0.39, 0.29) is 16.8 Å². The first-order valence-corrected chi connectivity index (χ1v) is 22.9. The second-order valence-corrected chi connectivity index (χ2v) is 16.5. The molecule has 4 heterocycles. The zero-order valence-corrected chi connectivity index (χ0v) is 38.3. The molecule has 0 aliphatic heterocycles. The van der Waals surface area contributed by atoms with Crippen LogP contribution in [0.15, 0.2) is 207 Å². The first-order valence-electron chi connectivity index (χ1n) is 22.9. The van der Waals surface area contributed by atoms with Gasteiger partial charge in [-0.25, -0.2) is 17.6 Å². The van der Waals surface area contributed by atoms with Crippen LogP contribution in [0.2, 0.25) is 0 Å². The molecule has 0 radical (unpaired) electrons. The van der Waals surface area contributed by atoms with Crippen molar-refractivity contribution >= 4 is 11.4 Å². The molecule has 8 nitrogen and oxygen atoms in total. The minimum Gasteiger partial charge on any atom is -0.360 e. The number of halogens is 4. The first-order chi connectivity index (χ1) is 34.3. The third kappa shape index (κ3) is 10.7. The van der Waals surface area contributed by atoms with E-state index in [0.717, 1.165) is 33.4 Å². The number of aromatic nitrogens is 6. The van der Waals surface area contributed by atoms with Crippen LogP contribution in [0.1, 0.15) is 29.2 Å². The summed E-state index contributed by atoms with van der Waals surface area (Å²) in [6.45, 7) is 4.40. The van der Waals surface area contributed by atoms with Gasteiger partial charge in [-0.3, -0.25) is 19.7 Å². The second kappa shape index (κ2) is 22.0. The number of anilines is 2. The van der Waals surface area contributed by atoms with Crippen LogP contribution in [0, 0.1) is 23.3 Å². The Hall–Kier alpha value is -8.64. The van der Waals surface area contributed by atoms with E-state index in [1.807, 2.05) is 156 Å². The summed E-state index contributed by atoms with van der Waals surface area (Å²) in [5, 5.41) is 11.4.